The SMILES string of the molecule is CNC(=O)[C@@H](C)N(Cc1ccc(Cl)cc1Cl)C(=O)Cc1c(F)cccc1Cl. The lowest BCUT2D eigenvalue weighted by Crippen LogP contribution is -2.47. The van der Waals surface area contributed by atoms with Crippen molar-refractivity contribution in [3.8, 4) is 0 Å². The molecule has 0 aromatic heterocycles. The van der Waals surface area contributed by atoms with Crippen LogP contribution in [0.5, 0.6) is 0 Å². The molecule has 0 radical (unpaired) electrons. The van der Waals surface area contributed by atoms with Crippen LogP contribution in [0.3, 0.4) is 0 Å². The number of halogens is 4. The Morgan fingerprint density at radius 1 is 1.15 bits per heavy atom. The number of benzene rings is 2. The van der Waals surface area contributed by atoms with Gasteiger partial charge in [0, 0.05) is 34.2 Å². The molecule has 2 aromatic rings. The molecule has 1 atom stereocenters. The number of hydrogen-bond acceptors (Lipinski definition) is 2. The zero-order valence-corrected chi connectivity index (χ0v) is 17.0. The van der Waals surface area contributed by atoms with Crippen molar-refractivity contribution in [2.75, 3.05) is 7.05 Å². The Labute approximate surface area is 172 Å². The molecule has 144 valence electrons. The second-order valence-electron chi connectivity index (χ2n) is 5.92. The van der Waals surface area contributed by atoms with Crippen molar-refractivity contribution in [3.63, 3.8) is 0 Å². The predicted octanol–water partition coefficient (Wildman–Crippen LogP) is 4.49. The van der Waals surface area contributed by atoms with E-state index >= 15 is 0 Å². The minimum Gasteiger partial charge on any atom is -0.357 e. The largest absolute Gasteiger partial charge is 0.357 e. The van der Waals surface area contributed by atoms with Crippen molar-refractivity contribution in [2.24, 2.45) is 0 Å². The topological polar surface area (TPSA) is 49.4 Å². The van der Waals surface area contributed by atoms with Crippen LogP contribution in [0.4, 0.5) is 4.39 Å². The van der Waals surface area contributed by atoms with Gasteiger partial charge in [0.05, 0.1) is 6.42 Å². The Kier molecular flexibility index (Phi) is 7.48. The summed E-state index contributed by atoms with van der Waals surface area (Å²) in [7, 11) is 1.48. The third-order valence-corrected chi connectivity index (χ3v) is 5.10. The standard InChI is InChI=1S/C19H18Cl3FN2O2/c1-11(19(27)24-2)25(10-12-6-7-13(20)8-16(12)22)18(26)9-14-15(21)4-3-5-17(14)23/h3-8,11H,9-10H2,1-2H3,(H,24,27)/t11-/m1/s1. The Hall–Kier alpha value is -1.82. The van der Waals surface area contributed by atoms with Gasteiger partial charge in [0.1, 0.15) is 11.9 Å². The number of nitrogens with zero attached hydrogens (tertiary/aromatic N) is 1. The monoisotopic (exact) mass is 430 g/mol. The van der Waals surface area contributed by atoms with Crippen LogP contribution in [-0.4, -0.2) is 29.8 Å². The highest BCUT2D eigenvalue weighted by Gasteiger charge is 2.27. The van der Waals surface area contributed by atoms with Crippen LogP contribution < -0.4 is 5.32 Å². The molecule has 0 bridgehead atoms. The highest BCUT2D eigenvalue weighted by atomic mass is 35.5. The van der Waals surface area contributed by atoms with Gasteiger partial charge >= 0.3 is 0 Å². The first-order valence-electron chi connectivity index (χ1n) is 8.12. The van der Waals surface area contributed by atoms with Crippen LogP contribution in [0.25, 0.3) is 0 Å². The minimum absolute atomic E-state index is 0.0650. The first kappa shape index (κ1) is 21.5. The van der Waals surface area contributed by atoms with E-state index in [0.717, 1.165) is 0 Å². The summed E-state index contributed by atoms with van der Waals surface area (Å²) in [5.74, 6) is -1.38. The summed E-state index contributed by atoms with van der Waals surface area (Å²) < 4.78 is 14.1. The van der Waals surface area contributed by atoms with E-state index in [9.17, 15) is 14.0 Å². The lowest BCUT2D eigenvalue weighted by molar-refractivity contribution is -0.139. The van der Waals surface area contributed by atoms with E-state index in [2.05, 4.69) is 5.32 Å². The maximum Gasteiger partial charge on any atom is 0.242 e. The smallest absolute Gasteiger partial charge is 0.242 e. The zero-order valence-electron chi connectivity index (χ0n) is 14.7. The summed E-state index contributed by atoms with van der Waals surface area (Å²) in [5.41, 5.74) is 0.699. The predicted molar refractivity (Wildman–Crippen MR) is 106 cm³/mol. The number of carbonyl (C=O) groups is 2. The molecule has 1 N–H and O–H groups in total. The Bertz CT molecular complexity index is 841. The number of carbonyl (C=O) groups excluding carboxylic acids is 2. The first-order chi connectivity index (χ1) is 12.7. The van der Waals surface area contributed by atoms with E-state index in [-0.39, 0.29) is 29.5 Å². The lowest BCUT2D eigenvalue weighted by atomic mass is 10.1. The van der Waals surface area contributed by atoms with Crippen LogP contribution in [0, 0.1) is 5.82 Å². The van der Waals surface area contributed by atoms with Crippen molar-refractivity contribution in [2.45, 2.75) is 25.9 Å². The van der Waals surface area contributed by atoms with Crippen molar-refractivity contribution >= 4 is 46.6 Å². The fourth-order valence-corrected chi connectivity index (χ4v) is 3.28. The average molecular weight is 432 g/mol. The molecular formula is C19H18Cl3FN2O2. The average Bonchev–Trinajstić information content (AvgIpc) is 2.62. The summed E-state index contributed by atoms with van der Waals surface area (Å²) in [5, 5.41) is 3.49. The van der Waals surface area contributed by atoms with Crippen LogP contribution >= 0.6 is 34.8 Å². The summed E-state index contributed by atoms with van der Waals surface area (Å²) in [6.07, 6.45) is -0.280. The highest BCUT2D eigenvalue weighted by Crippen LogP contribution is 2.25. The maximum atomic E-state index is 14.1. The van der Waals surface area contributed by atoms with Gasteiger partial charge in [-0.3, -0.25) is 9.59 Å². The highest BCUT2D eigenvalue weighted by molar-refractivity contribution is 6.35. The molecule has 4 nitrogen and oxygen atoms in total. The van der Waals surface area contributed by atoms with Gasteiger partial charge in [-0.1, -0.05) is 46.9 Å². The molecule has 0 aliphatic heterocycles. The van der Waals surface area contributed by atoms with Gasteiger partial charge in [-0.15, -0.1) is 0 Å². The molecule has 2 amide bonds. The van der Waals surface area contributed by atoms with E-state index in [4.69, 9.17) is 34.8 Å². The van der Waals surface area contributed by atoms with Gasteiger partial charge < -0.3 is 10.2 Å². The van der Waals surface area contributed by atoms with E-state index in [1.54, 1.807) is 25.1 Å². The molecule has 27 heavy (non-hydrogen) atoms. The second kappa shape index (κ2) is 9.40. The number of amides is 2. The van der Waals surface area contributed by atoms with Gasteiger partial charge in [0.25, 0.3) is 0 Å². The lowest BCUT2D eigenvalue weighted by Gasteiger charge is -2.29. The Balaban J connectivity index is 2.34. The number of rotatable bonds is 6. The third kappa shape index (κ3) is 5.34. The Morgan fingerprint density at radius 2 is 1.85 bits per heavy atom. The third-order valence-electron chi connectivity index (χ3n) is 4.16. The van der Waals surface area contributed by atoms with Gasteiger partial charge in [-0.25, -0.2) is 4.39 Å². The van der Waals surface area contributed by atoms with Crippen LogP contribution in [0.2, 0.25) is 15.1 Å². The van der Waals surface area contributed by atoms with E-state index in [0.29, 0.717) is 15.6 Å². The van der Waals surface area contributed by atoms with Crippen LogP contribution in [0.15, 0.2) is 36.4 Å². The molecule has 2 aromatic carbocycles. The first-order valence-corrected chi connectivity index (χ1v) is 9.25. The second-order valence-corrected chi connectivity index (χ2v) is 7.18. The molecule has 2 rings (SSSR count). The molecule has 0 saturated heterocycles. The Morgan fingerprint density at radius 3 is 2.44 bits per heavy atom. The van der Waals surface area contributed by atoms with Crippen LogP contribution in [-0.2, 0) is 22.6 Å². The van der Waals surface area contributed by atoms with Gasteiger partial charge in [0.15, 0.2) is 0 Å². The van der Waals surface area contributed by atoms with Crippen LogP contribution in [0.1, 0.15) is 18.1 Å². The van der Waals surface area contributed by atoms with E-state index < -0.39 is 17.8 Å². The van der Waals surface area contributed by atoms with E-state index in [1.807, 2.05) is 0 Å². The molecule has 0 heterocycles. The van der Waals surface area contributed by atoms with Crippen molar-refractivity contribution in [1.29, 1.82) is 0 Å². The minimum atomic E-state index is -0.792. The van der Waals surface area contributed by atoms with E-state index in [1.165, 1.54) is 30.1 Å². The number of likely N-dealkylation sites (N-methyl/N-ethyl adjacent to an activating group) is 1. The molecule has 0 spiro atoms. The summed E-state index contributed by atoms with van der Waals surface area (Å²) in [6, 6.07) is 8.29. The summed E-state index contributed by atoms with van der Waals surface area (Å²) in [6.45, 7) is 1.65. The van der Waals surface area contributed by atoms with Crippen molar-refractivity contribution in [3.05, 3.63) is 68.4 Å². The molecule has 0 aliphatic carbocycles. The fourth-order valence-electron chi connectivity index (χ4n) is 2.58. The van der Waals surface area contributed by atoms with Gasteiger partial charge in [-0.05, 0) is 36.8 Å². The molecular weight excluding hydrogens is 414 g/mol. The molecule has 0 fully saturated rings. The number of nitrogens with one attached hydrogen (secondary N) is 1. The summed E-state index contributed by atoms with van der Waals surface area (Å²) in [4.78, 5) is 26.4. The molecule has 0 aliphatic rings. The van der Waals surface area contributed by atoms with Crippen molar-refractivity contribution < 1.29 is 14.0 Å². The maximum absolute atomic E-state index is 14.1. The van der Waals surface area contributed by atoms with Gasteiger partial charge in [-0.2, -0.15) is 0 Å². The quantitative estimate of drug-likeness (QED) is 0.732. The summed E-state index contributed by atoms with van der Waals surface area (Å²) >= 11 is 18.1. The molecule has 0 saturated carbocycles. The van der Waals surface area contributed by atoms with Crippen molar-refractivity contribution in [1.82, 2.24) is 10.2 Å². The normalized spacial score (nSPS) is 11.8. The zero-order chi connectivity index (χ0) is 20.1. The number of hydrogen-bond donors (Lipinski definition) is 1. The molecule has 8 heteroatoms. The molecule has 0 unspecified atom stereocenters. The fraction of sp³-hybridized carbons (Fsp3) is 0.263. The van der Waals surface area contributed by atoms with Gasteiger partial charge in [0.2, 0.25) is 11.8 Å².